The van der Waals surface area contributed by atoms with Crippen LogP contribution in [0.4, 0.5) is 14.9 Å². The van der Waals surface area contributed by atoms with Crippen LogP contribution < -0.4 is 16.2 Å². The predicted molar refractivity (Wildman–Crippen MR) is 161 cm³/mol. The van der Waals surface area contributed by atoms with Gasteiger partial charge in [0.25, 0.3) is 5.56 Å². The Hall–Kier alpha value is -5.44. The molecule has 232 valence electrons. The summed E-state index contributed by atoms with van der Waals surface area (Å²) in [6.45, 7) is 0.218. The van der Waals surface area contributed by atoms with E-state index in [0.29, 0.717) is 27.5 Å². The van der Waals surface area contributed by atoms with Crippen molar-refractivity contribution in [2.75, 3.05) is 25.5 Å². The number of nitrogens with zero attached hydrogens (tertiary/aromatic N) is 6. The molecule has 1 unspecified atom stereocenters. The van der Waals surface area contributed by atoms with E-state index in [1.54, 1.807) is 42.5 Å². The Balaban J connectivity index is 1.41. The van der Waals surface area contributed by atoms with Crippen molar-refractivity contribution in [2.45, 2.75) is 25.1 Å². The summed E-state index contributed by atoms with van der Waals surface area (Å²) in [5, 5.41) is 23.4. The first-order valence-electron chi connectivity index (χ1n) is 13.7. The van der Waals surface area contributed by atoms with E-state index in [-0.39, 0.29) is 43.1 Å². The molecule has 2 aromatic heterocycles. The molecule has 3 N–H and O–H groups in total. The van der Waals surface area contributed by atoms with Crippen molar-refractivity contribution in [1.29, 1.82) is 0 Å². The van der Waals surface area contributed by atoms with E-state index in [1.165, 1.54) is 41.2 Å². The van der Waals surface area contributed by atoms with Gasteiger partial charge in [0.05, 0.1) is 43.1 Å². The molecule has 0 spiro atoms. The largest absolute Gasteiger partial charge is 0.453 e. The fraction of sp³-hybridized carbons (Fsp3) is 0.241. The summed E-state index contributed by atoms with van der Waals surface area (Å²) in [5.41, 5.74) is 1.93. The number of hydrogen-bond acceptors (Lipinski definition) is 9. The summed E-state index contributed by atoms with van der Waals surface area (Å²) in [5.74, 6) is -0.957. The second-order valence-electron chi connectivity index (χ2n) is 10.0. The van der Waals surface area contributed by atoms with Gasteiger partial charge >= 0.3 is 6.09 Å². The van der Waals surface area contributed by atoms with Crippen molar-refractivity contribution < 1.29 is 23.5 Å². The summed E-state index contributed by atoms with van der Waals surface area (Å²) >= 11 is 6.18. The highest BCUT2D eigenvalue weighted by atomic mass is 35.5. The van der Waals surface area contributed by atoms with Gasteiger partial charge in [0.15, 0.2) is 0 Å². The third-order valence-corrected chi connectivity index (χ3v) is 7.22. The van der Waals surface area contributed by atoms with Gasteiger partial charge in [-0.05, 0) is 64.9 Å². The second kappa shape index (κ2) is 13.9. The first-order valence-corrected chi connectivity index (χ1v) is 14.1. The van der Waals surface area contributed by atoms with Gasteiger partial charge in [-0.25, -0.2) is 14.3 Å². The van der Waals surface area contributed by atoms with Crippen LogP contribution in [-0.2, 0) is 14.3 Å². The van der Waals surface area contributed by atoms with E-state index in [1.807, 2.05) is 0 Å². The number of aromatic nitrogens is 6. The number of likely N-dealkylation sites (tertiary alicyclic amines) is 1. The minimum absolute atomic E-state index is 0.0374. The van der Waals surface area contributed by atoms with E-state index >= 15 is 0 Å². The third kappa shape index (κ3) is 7.75. The molecule has 2 aromatic carbocycles. The molecule has 5 rings (SSSR count). The number of carbonyl (C=O) groups excluding carboxylic acids is 3. The monoisotopic (exact) mass is 635 g/mol. The maximum atomic E-state index is 13.9. The van der Waals surface area contributed by atoms with E-state index in [9.17, 15) is 23.6 Å². The molecule has 3 amide bonds. The van der Waals surface area contributed by atoms with Crippen LogP contribution in [0.25, 0.3) is 22.9 Å². The lowest BCUT2D eigenvalue weighted by molar-refractivity contribution is -0.131. The quantitative estimate of drug-likeness (QED) is 0.233. The lowest BCUT2D eigenvalue weighted by Crippen LogP contribution is -2.36. The van der Waals surface area contributed by atoms with Crippen LogP contribution in [0.15, 0.2) is 65.7 Å². The number of benzene rings is 2. The first-order chi connectivity index (χ1) is 21.7. The summed E-state index contributed by atoms with van der Waals surface area (Å²) < 4.78 is 19.9. The highest BCUT2D eigenvalue weighted by Gasteiger charge is 2.29. The Morgan fingerprint density at radius 2 is 2.00 bits per heavy atom. The van der Waals surface area contributed by atoms with Crippen LogP contribution >= 0.6 is 11.6 Å². The number of hydrogen-bond donors (Lipinski definition) is 3. The van der Waals surface area contributed by atoms with Crippen molar-refractivity contribution in [3.63, 3.8) is 0 Å². The number of alkyl halides is 1. The molecule has 45 heavy (non-hydrogen) atoms. The van der Waals surface area contributed by atoms with Crippen molar-refractivity contribution in [3.05, 3.63) is 87.6 Å². The molecule has 1 aliphatic rings. The molecule has 1 fully saturated rings. The minimum Gasteiger partial charge on any atom is -0.453 e. The number of anilines is 1. The fourth-order valence-corrected chi connectivity index (χ4v) is 4.90. The minimum atomic E-state index is -1.12. The topological polar surface area (TPSA) is 177 Å². The maximum absolute atomic E-state index is 13.9. The summed E-state index contributed by atoms with van der Waals surface area (Å²) in [7, 11) is 1.24. The van der Waals surface area contributed by atoms with E-state index in [2.05, 4.69) is 41.1 Å². The number of amides is 3. The van der Waals surface area contributed by atoms with Crippen molar-refractivity contribution in [1.82, 2.24) is 40.6 Å². The molecule has 2 atom stereocenters. The lowest BCUT2D eigenvalue weighted by Gasteiger charge is -2.21. The zero-order valence-electron chi connectivity index (χ0n) is 23.8. The number of tetrazole rings is 1. The van der Waals surface area contributed by atoms with Crippen LogP contribution in [0.5, 0.6) is 0 Å². The highest BCUT2D eigenvalue weighted by Crippen LogP contribution is 2.24. The van der Waals surface area contributed by atoms with Crippen LogP contribution in [0, 0.1) is 0 Å². The normalized spacial score (nSPS) is 15.2. The molecule has 0 aliphatic carbocycles. The van der Waals surface area contributed by atoms with Crippen LogP contribution in [0.3, 0.4) is 0 Å². The molecule has 3 heterocycles. The number of rotatable bonds is 9. The SMILES string of the molecule is COC(=O)Nc1ccc(-c2cc([C@H](CC(=O)N3CCC(F)C3)NC(=O)C=Cc3cc(Cl)ccc3-n3cnnn3)n[nH]c2=O)cc1. The maximum Gasteiger partial charge on any atom is 0.411 e. The average Bonchev–Trinajstić information content (AvgIpc) is 3.73. The molecule has 1 aliphatic heterocycles. The Kier molecular flexibility index (Phi) is 9.57. The molecule has 4 aromatic rings. The Morgan fingerprint density at radius 1 is 1.20 bits per heavy atom. The molecular weight excluding hydrogens is 609 g/mol. The number of ether oxygens (including phenoxy) is 1. The smallest absolute Gasteiger partial charge is 0.411 e. The van der Waals surface area contributed by atoms with Gasteiger partial charge in [-0.3, -0.25) is 19.7 Å². The second-order valence-corrected chi connectivity index (χ2v) is 10.4. The predicted octanol–water partition coefficient (Wildman–Crippen LogP) is 3.08. The van der Waals surface area contributed by atoms with Gasteiger partial charge in [-0.2, -0.15) is 9.78 Å². The zero-order chi connectivity index (χ0) is 31.9. The number of H-pyrrole nitrogens is 1. The number of aromatic amines is 1. The van der Waals surface area contributed by atoms with E-state index < -0.39 is 29.8 Å². The zero-order valence-corrected chi connectivity index (χ0v) is 24.6. The van der Waals surface area contributed by atoms with Crippen LogP contribution in [0.2, 0.25) is 5.02 Å². The molecule has 0 bridgehead atoms. The fourth-order valence-electron chi connectivity index (χ4n) is 4.72. The molecule has 0 radical (unpaired) electrons. The van der Waals surface area contributed by atoms with Gasteiger partial charge in [-0.15, -0.1) is 5.10 Å². The molecule has 14 nitrogen and oxygen atoms in total. The number of methoxy groups -OCH3 is 1. The summed E-state index contributed by atoms with van der Waals surface area (Å²) in [4.78, 5) is 52.0. The molecule has 16 heteroatoms. The third-order valence-electron chi connectivity index (χ3n) is 6.99. The molecule has 1 saturated heterocycles. The lowest BCUT2D eigenvalue weighted by atomic mass is 10.0. The number of nitrogens with one attached hydrogen (secondary N) is 3. The van der Waals surface area contributed by atoms with Gasteiger partial charge in [-0.1, -0.05) is 23.7 Å². The van der Waals surface area contributed by atoms with Gasteiger partial charge in [0, 0.05) is 28.9 Å². The standard InChI is InChI=1S/C29H27ClFN9O5/c1-45-29(44)33-21-6-2-17(3-7-21)22-13-24(35-36-28(22)43)23(14-27(42)39-11-10-20(31)15-39)34-26(41)9-4-18-12-19(30)5-8-25(18)40-16-32-37-38-40/h2-9,12-13,16,20,23H,10-11,14-15H2,1H3,(H,33,44)(H,34,41)(H,36,43)/t20?,23-/m0/s1. The Labute approximate surface area is 260 Å². The van der Waals surface area contributed by atoms with E-state index in [0.717, 1.165) is 0 Å². The Bertz CT molecular complexity index is 1780. The first kappa shape index (κ1) is 31.0. The van der Waals surface area contributed by atoms with Crippen molar-refractivity contribution in [2.24, 2.45) is 0 Å². The number of carbonyl (C=O) groups is 3. The highest BCUT2D eigenvalue weighted by molar-refractivity contribution is 6.30. The van der Waals surface area contributed by atoms with Gasteiger partial charge < -0.3 is 15.0 Å². The van der Waals surface area contributed by atoms with Gasteiger partial charge in [0.1, 0.15) is 12.5 Å². The molecular formula is C29H27ClFN9O5. The van der Waals surface area contributed by atoms with Crippen molar-refractivity contribution in [3.8, 4) is 16.8 Å². The summed E-state index contributed by atoms with van der Waals surface area (Å²) in [6.07, 6.45) is 2.39. The van der Waals surface area contributed by atoms with Crippen molar-refractivity contribution >= 4 is 41.3 Å². The van der Waals surface area contributed by atoms with Gasteiger partial charge in [0.2, 0.25) is 11.8 Å². The van der Waals surface area contributed by atoms with Crippen LogP contribution in [-0.4, -0.2) is 79.6 Å². The molecule has 0 saturated carbocycles. The van der Waals surface area contributed by atoms with E-state index in [4.69, 9.17) is 11.6 Å². The average molecular weight is 636 g/mol. The Morgan fingerprint density at radius 3 is 2.69 bits per heavy atom. The van der Waals surface area contributed by atoms with Crippen LogP contribution in [0.1, 0.15) is 30.1 Å². The number of halogens is 2. The summed E-state index contributed by atoms with van der Waals surface area (Å²) in [6, 6.07) is 11.8.